The first kappa shape index (κ1) is 18.8. The number of amides is 1. The van der Waals surface area contributed by atoms with Crippen LogP contribution in [0.5, 0.6) is 0 Å². The quantitative estimate of drug-likeness (QED) is 0.734. The molecule has 1 amide bonds. The van der Waals surface area contributed by atoms with Crippen LogP contribution in [0.4, 0.5) is 0 Å². The molecule has 2 aromatic rings. The molecule has 3 nitrogen and oxygen atoms in total. The van der Waals surface area contributed by atoms with E-state index in [0.717, 1.165) is 17.7 Å². The first-order valence-corrected chi connectivity index (χ1v) is 7.99. The molecule has 0 aliphatic heterocycles. The number of thiophene rings is 1. The number of halogens is 4. The highest BCUT2D eigenvalue weighted by molar-refractivity contribution is 7.21. The fourth-order valence-corrected chi connectivity index (χ4v) is 4.10. The Balaban J connectivity index is 0.00000220. The van der Waals surface area contributed by atoms with Crippen LogP contribution < -0.4 is 10.6 Å². The molecule has 0 aliphatic rings. The van der Waals surface area contributed by atoms with Gasteiger partial charge in [-0.1, -0.05) is 34.8 Å². The Kier molecular flexibility index (Phi) is 7.54. The third-order valence-electron chi connectivity index (χ3n) is 2.75. The largest absolute Gasteiger partial charge is 0.351 e. The van der Waals surface area contributed by atoms with E-state index in [1.165, 1.54) is 11.3 Å². The number of hydrogen-bond acceptors (Lipinski definition) is 3. The van der Waals surface area contributed by atoms with Gasteiger partial charge in [-0.15, -0.1) is 23.7 Å². The predicted octanol–water partition coefficient (Wildman–Crippen LogP) is 4.62. The van der Waals surface area contributed by atoms with Crippen LogP contribution in [0, 0.1) is 0 Å². The average molecular weight is 388 g/mol. The summed E-state index contributed by atoms with van der Waals surface area (Å²) < 4.78 is 0.813. The van der Waals surface area contributed by atoms with Gasteiger partial charge in [0, 0.05) is 21.7 Å². The summed E-state index contributed by atoms with van der Waals surface area (Å²) in [6.45, 7) is 1.45. The van der Waals surface area contributed by atoms with Crippen LogP contribution in [-0.4, -0.2) is 26.0 Å². The zero-order valence-electron chi connectivity index (χ0n) is 11.1. The number of hydrogen-bond donors (Lipinski definition) is 2. The second-order valence-corrected chi connectivity index (χ2v) is 6.49. The van der Waals surface area contributed by atoms with Gasteiger partial charge in [-0.25, -0.2) is 0 Å². The van der Waals surface area contributed by atoms with E-state index in [0.29, 0.717) is 31.9 Å². The summed E-state index contributed by atoms with van der Waals surface area (Å²) >= 11 is 19.6. The maximum atomic E-state index is 12.1. The monoisotopic (exact) mass is 386 g/mol. The van der Waals surface area contributed by atoms with E-state index in [4.69, 9.17) is 34.8 Å². The summed E-state index contributed by atoms with van der Waals surface area (Å²) in [4.78, 5) is 12.6. The molecule has 0 saturated carbocycles. The smallest absolute Gasteiger partial charge is 0.262 e. The number of carbonyl (C=O) groups is 1. The summed E-state index contributed by atoms with van der Waals surface area (Å²) in [5.41, 5.74) is 0. The summed E-state index contributed by atoms with van der Waals surface area (Å²) in [7, 11) is 1.87. The van der Waals surface area contributed by atoms with Crippen molar-refractivity contribution in [2.75, 3.05) is 20.1 Å². The first-order chi connectivity index (χ1) is 9.54. The Morgan fingerprint density at radius 2 is 1.95 bits per heavy atom. The third kappa shape index (κ3) is 4.38. The van der Waals surface area contributed by atoms with Gasteiger partial charge in [-0.3, -0.25) is 4.79 Å². The highest BCUT2D eigenvalue weighted by Crippen LogP contribution is 2.41. The van der Waals surface area contributed by atoms with Crippen molar-refractivity contribution < 1.29 is 4.79 Å². The minimum absolute atomic E-state index is 0. The lowest BCUT2D eigenvalue weighted by atomic mass is 10.2. The predicted molar refractivity (Wildman–Crippen MR) is 95.0 cm³/mol. The maximum Gasteiger partial charge on any atom is 0.262 e. The average Bonchev–Trinajstić information content (AvgIpc) is 2.71. The first-order valence-electron chi connectivity index (χ1n) is 6.04. The molecule has 2 rings (SSSR count). The van der Waals surface area contributed by atoms with Gasteiger partial charge in [0.25, 0.3) is 5.91 Å². The van der Waals surface area contributed by atoms with Crippen LogP contribution in [0.2, 0.25) is 15.1 Å². The highest BCUT2D eigenvalue weighted by atomic mass is 35.5. The van der Waals surface area contributed by atoms with Crippen molar-refractivity contribution in [2.45, 2.75) is 6.42 Å². The lowest BCUT2D eigenvalue weighted by Gasteiger charge is -2.03. The lowest BCUT2D eigenvalue weighted by Crippen LogP contribution is -2.26. The molecule has 0 aliphatic carbocycles. The van der Waals surface area contributed by atoms with Crippen LogP contribution >= 0.6 is 58.5 Å². The topological polar surface area (TPSA) is 41.1 Å². The molecule has 8 heteroatoms. The van der Waals surface area contributed by atoms with Gasteiger partial charge < -0.3 is 10.6 Å². The highest BCUT2D eigenvalue weighted by Gasteiger charge is 2.19. The molecular weight excluding hydrogens is 374 g/mol. The van der Waals surface area contributed by atoms with Crippen molar-refractivity contribution in [3.8, 4) is 0 Å². The molecule has 0 atom stereocenters. The fourth-order valence-electron chi connectivity index (χ4n) is 1.81. The number of fused-ring (bicyclic) bond motifs is 1. The summed E-state index contributed by atoms with van der Waals surface area (Å²) in [5, 5.41) is 7.92. The molecule has 0 spiro atoms. The van der Waals surface area contributed by atoms with Crippen molar-refractivity contribution in [3.63, 3.8) is 0 Å². The van der Waals surface area contributed by atoms with Crippen LogP contribution in [-0.2, 0) is 0 Å². The van der Waals surface area contributed by atoms with E-state index in [2.05, 4.69) is 10.6 Å². The molecule has 0 fully saturated rings. The normalized spacial score (nSPS) is 10.5. The van der Waals surface area contributed by atoms with Gasteiger partial charge in [0.2, 0.25) is 0 Å². The van der Waals surface area contributed by atoms with E-state index >= 15 is 0 Å². The van der Waals surface area contributed by atoms with E-state index in [1.54, 1.807) is 12.1 Å². The number of benzene rings is 1. The van der Waals surface area contributed by atoms with Crippen LogP contribution in [0.3, 0.4) is 0 Å². The van der Waals surface area contributed by atoms with Gasteiger partial charge in [0.1, 0.15) is 4.88 Å². The van der Waals surface area contributed by atoms with Crippen molar-refractivity contribution >= 4 is 74.5 Å². The standard InChI is InChI=1S/C13H13Cl3N2OS.ClH/c1-17-3-2-4-18-13(19)12-11(16)10-8(15)5-7(14)6-9(10)20-12;/h5-6,17H,2-4H2,1H3,(H,18,19);1H. The zero-order chi connectivity index (χ0) is 14.7. The van der Waals surface area contributed by atoms with E-state index in [9.17, 15) is 4.79 Å². The summed E-state index contributed by atoms with van der Waals surface area (Å²) in [5.74, 6) is -0.181. The molecule has 1 aromatic heterocycles. The zero-order valence-corrected chi connectivity index (χ0v) is 15.0. The van der Waals surface area contributed by atoms with Crippen molar-refractivity contribution in [1.29, 1.82) is 0 Å². The minimum Gasteiger partial charge on any atom is -0.351 e. The molecule has 0 bridgehead atoms. The molecule has 0 radical (unpaired) electrons. The Hall–Kier alpha value is -0.230. The Labute approximate surface area is 148 Å². The SMILES string of the molecule is CNCCCNC(=O)c1sc2cc(Cl)cc(Cl)c2c1Cl.Cl. The Morgan fingerprint density at radius 3 is 2.62 bits per heavy atom. The van der Waals surface area contributed by atoms with E-state index in [1.807, 2.05) is 7.05 Å². The maximum absolute atomic E-state index is 12.1. The van der Waals surface area contributed by atoms with Gasteiger partial charge in [0.15, 0.2) is 0 Å². The molecule has 21 heavy (non-hydrogen) atoms. The third-order valence-corrected chi connectivity index (χ3v) is 4.89. The lowest BCUT2D eigenvalue weighted by molar-refractivity contribution is 0.0957. The van der Waals surface area contributed by atoms with Gasteiger partial charge in [-0.2, -0.15) is 0 Å². The van der Waals surface area contributed by atoms with Gasteiger partial charge in [-0.05, 0) is 32.1 Å². The number of carbonyl (C=O) groups excluding carboxylic acids is 1. The molecule has 0 unspecified atom stereocenters. The van der Waals surface area contributed by atoms with Crippen molar-refractivity contribution in [3.05, 3.63) is 32.1 Å². The van der Waals surface area contributed by atoms with Crippen LogP contribution in [0.15, 0.2) is 12.1 Å². The molecule has 1 aromatic carbocycles. The molecule has 0 saturated heterocycles. The second-order valence-electron chi connectivity index (χ2n) is 4.22. The Bertz CT molecular complexity index is 645. The van der Waals surface area contributed by atoms with Crippen LogP contribution in [0.1, 0.15) is 16.1 Å². The molecular formula is C13H14Cl4N2OS. The summed E-state index contributed by atoms with van der Waals surface area (Å²) in [6, 6.07) is 3.38. The number of nitrogens with one attached hydrogen (secondary N) is 2. The van der Waals surface area contributed by atoms with E-state index < -0.39 is 0 Å². The van der Waals surface area contributed by atoms with Crippen LogP contribution in [0.25, 0.3) is 10.1 Å². The molecule has 1 heterocycles. The molecule has 116 valence electrons. The van der Waals surface area contributed by atoms with Gasteiger partial charge >= 0.3 is 0 Å². The van der Waals surface area contributed by atoms with Crippen molar-refractivity contribution in [1.82, 2.24) is 10.6 Å². The van der Waals surface area contributed by atoms with Crippen molar-refractivity contribution in [2.24, 2.45) is 0 Å². The fraction of sp³-hybridized carbons (Fsp3) is 0.308. The minimum atomic E-state index is -0.181. The second kappa shape index (κ2) is 8.42. The molecule has 2 N–H and O–H groups in total. The summed E-state index contributed by atoms with van der Waals surface area (Å²) in [6.07, 6.45) is 0.858. The Morgan fingerprint density at radius 1 is 1.24 bits per heavy atom. The number of rotatable bonds is 5. The van der Waals surface area contributed by atoms with Gasteiger partial charge in [0.05, 0.1) is 10.0 Å². The van der Waals surface area contributed by atoms with E-state index in [-0.39, 0.29) is 18.3 Å².